The standard InChI is InChI=1S/C33H26N6O6S2/c40-28(16-46-32-36-24-5-1-2-6-25(24)37-32)34-22-11-9-18(14-20(22)30(42)43)13-19-10-12-23(21(15-19)31(44)45)35-29(41)17-47-33-38-26-7-3-4-8-27(26)39-33/h1-12,14-15H,13,16-17H2,(H,34,40)(H,35,41)(H,36,37)(H,38,39)(H,42,43)(H,44,45). The predicted octanol–water partition coefficient (Wildman–Crippen LogP) is 5.89. The molecule has 0 aliphatic carbocycles. The van der Waals surface area contributed by atoms with Crippen LogP contribution in [-0.2, 0) is 16.0 Å². The summed E-state index contributed by atoms with van der Waals surface area (Å²) in [7, 11) is 0. The van der Waals surface area contributed by atoms with Gasteiger partial charge >= 0.3 is 11.9 Å². The summed E-state index contributed by atoms with van der Waals surface area (Å²) < 4.78 is 0. The van der Waals surface area contributed by atoms with E-state index in [1.165, 1.54) is 47.8 Å². The van der Waals surface area contributed by atoms with Crippen LogP contribution in [0.1, 0.15) is 31.8 Å². The van der Waals surface area contributed by atoms with Crippen molar-refractivity contribution in [3.63, 3.8) is 0 Å². The van der Waals surface area contributed by atoms with E-state index in [0.29, 0.717) is 21.4 Å². The summed E-state index contributed by atoms with van der Waals surface area (Å²) in [5.74, 6) is -3.22. The predicted molar refractivity (Wildman–Crippen MR) is 181 cm³/mol. The molecule has 2 amide bonds. The number of aromatic nitrogens is 4. The van der Waals surface area contributed by atoms with Crippen molar-refractivity contribution in [1.29, 1.82) is 0 Å². The number of hydrogen-bond acceptors (Lipinski definition) is 8. The van der Waals surface area contributed by atoms with Gasteiger partial charge in [0.05, 0.1) is 56.1 Å². The van der Waals surface area contributed by atoms with Crippen LogP contribution >= 0.6 is 23.5 Å². The Morgan fingerprint density at radius 2 is 1.04 bits per heavy atom. The van der Waals surface area contributed by atoms with E-state index in [-0.39, 0.29) is 40.4 Å². The maximum absolute atomic E-state index is 12.7. The summed E-state index contributed by atoms with van der Waals surface area (Å²) in [4.78, 5) is 64.6. The van der Waals surface area contributed by atoms with Crippen LogP contribution in [0.3, 0.4) is 0 Å². The Morgan fingerprint density at radius 3 is 1.45 bits per heavy atom. The number of benzene rings is 4. The molecule has 47 heavy (non-hydrogen) atoms. The van der Waals surface area contributed by atoms with Gasteiger partial charge in [0.1, 0.15) is 0 Å². The second-order valence-electron chi connectivity index (χ2n) is 10.3. The molecule has 6 rings (SSSR count). The minimum absolute atomic E-state index is 0.0140. The SMILES string of the molecule is O=C(CSc1nc2ccccc2[nH]1)Nc1ccc(Cc2ccc(NC(=O)CSc3nc4ccccc4[nH]3)c(C(=O)O)c2)cc1C(=O)O. The molecular weight excluding hydrogens is 641 g/mol. The molecule has 0 saturated carbocycles. The molecule has 0 fully saturated rings. The first-order valence-corrected chi connectivity index (χ1v) is 16.2. The fourth-order valence-corrected chi connectivity index (χ4v) is 6.22. The molecule has 2 heterocycles. The van der Waals surface area contributed by atoms with Crippen molar-refractivity contribution in [1.82, 2.24) is 19.9 Å². The molecule has 4 aromatic carbocycles. The summed E-state index contributed by atoms with van der Waals surface area (Å²) in [6.07, 6.45) is 0.215. The van der Waals surface area contributed by atoms with Crippen LogP contribution in [0.4, 0.5) is 11.4 Å². The van der Waals surface area contributed by atoms with Gasteiger partial charge in [-0.1, -0.05) is 59.9 Å². The van der Waals surface area contributed by atoms with Crippen molar-refractivity contribution >= 4 is 80.7 Å². The molecule has 0 spiro atoms. The molecule has 236 valence electrons. The lowest BCUT2D eigenvalue weighted by Crippen LogP contribution is -2.17. The van der Waals surface area contributed by atoms with E-state index in [4.69, 9.17) is 0 Å². The lowest BCUT2D eigenvalue weighted by Gasteiger charge is -2.12. The molecule has 0 radical (unpaired) electrons. The van der Waals surface area contributed by atoms with Crippen LogP contribution in [0.5, 0.6) is 0 Å². The summed E-state index contributed by atoms with van der Waals surface area (Å²) in [6.45, 7) is 0. The summed E-state index contributed by atoms with van der Waals surface area (Å²) in [5, 5.41) is 26.2. The van der Waals surface area contributed by atoms with E-state index in [1.54, 1.807) is 12.1 Å². The van der Waals surface area contributed by atoms with Crippen molar-refractivity contribution in [2.24, 2.45) is 0 Å². The van der Waals surface area contributed by atoms with Crippen molar-refractivity contribution in [2.75, 3.05) is 22.1 Å². The van der Waals surface area contributed by atoms with Gasteiger partial charge in [0.15, 0.2) is 10.3 Å². The Hall–Kier alpha value is -5.60. The number of carboxylic acid groups (broad SMARTS) is 2. The highest BCUT2D eigenvalue weighted by molar-refractivity contribution is 8.00. The number of carbonyl (C=O) groups excluding carboxylic acids is 2. The highest BCUT2D eigenvalue weighted by atomic mass is 32.2. The van der Waals surface area contributed by atoms with Crippen LogP contribution in [0.2, 0.25) is 0 Å². The number of imidazole rings is 2. The number of carbonyl (C=O) groups is 4. The molecule has 14 heteroatoms. The van der Waals surface area contributed by atoms with Gasteiger partial charge in [0.2, 0.25) is 11.8 Å². The fourth-order valence-electron chi connectivity index (χ4n) is 4.85. The normalized spacial score (nSPS) is 11.1. The molecule has 12 nitrogen and oxygen atoms in total. The van der Waals surface area contributed by atoms with Gasteiger partial charge < -0.3 is 30.8 Å². The average molecular weight is 667 g/mol. The maximum Gasteiger partial charge on any atom is 0.337 e. The zero-order valence-electron chi connectivity index (χ0n) is 24.4. The minimum Gasteiger partial charge on any atom is -0.478 e. The van der Waals surface area contributed by atoms with Crippen LogP contribution in [0.15, 0.2) is 95.2 Å². The first kappa shape index (κ1) is 31.4. The monoisotopic (exact) mass is 666 g/mol. The van der Waals surface area contributed by atoms with E-state index in [1.807, 2.05) is 48.5 Å². The van der Waals surface area contributed by atoms with Gasteiger partial charge in [-0.15, -0.1) is 0 Å². The van der Waals surface area contributed by atoms with Crippen LogP contribution in [-0.4, -0.2) is 65.4 Å². The second kappa shape index (κ2) is 13.8. The molecule has 0 unspecified atom stereocenters. The second-order valence-corrected chi connectivity index (χ2v) is 12.3. The average Bonchev–Trinajstić information content (AvgIpc) is 3.68. The summed E-state index contributed by atoms with van der Waals surface area (Å²) in [6, 6.07) is 24.2. The molecule has 2 aromatic heterocycles. The van der Waals surface area contributed by atoms with E-state index in [0.717, 1.165) is 22.1 Å². The van der Waals surface area contributed by atoms with Crippen molar-refractivity contribution in [3.05, 3.63) is 107 Å². The first-order chi connectivity index (χ1) is 22.7. The Labute approximate surface area is 275 Å². The molecule has 0 aliphatic heterocycles. The quantitative estimate of drug-likeness (QED) is 0.0859. The molecule has 0 bridgehead atoms. The number of rotatable bonds is 12. The Morgan fingerprint density at radius 1 is 0.617 bits per heavy atom. The van der Waals surface area contributed by atoms with E-state index >= 15 is 0 Å². The number of amides is 2. The van der Waals surface area contributed by atoms with Crippen LogP contribution in [0, 0.1) is 0 Å². The number of aromatic carboxylic acids is 2. The topological polar surface area (TPSA) is 190 Å². The lowest BCUT2D eigenvalue weighted by atomic mass is 9.99. The Kier molecular flexibility index (Phi) is 9.22. The van der Waals surface area contributed by atoms with Gasteiger partial charge in [0.25, 0.3) is 0 Å². The number of H-pyrrole nitrogens is 2. The number of carboxylic acids is 2. The zero-order chi connectivity index (χ0) is 32.9. The number of para-hydroxylation sites is 4. The third kappa shape index (κ3) is 7.62. The van der Waals surface area contributed by atoms with Crippen LogP contribution < -0.4 is 10.6 Å². The Balaban J connectivity index is 1.09. The molecule has 0 atom stereocenters. The minimum atomic E-state index is -1.23. The van der Waals surface area contributed by atoms with Gasteiger partial charge in [-0.3, -0.25) is 9.59 Å². The summed E-state index contributed by atoms with van der Waals surface area (Å²) >= 11 is 2.40. The third-order valence-electron chi connectivity index (χ3n) is 7.00. The smallest absolute Gasteiger partial charge is 0.337 e. The van der Waals surface area contributed by atoms with E-state index < -0.39 is 23.8 Å². The molecule has 6 N–H and O–H groups in total. The van der Waals surface area contributed by atoms with Gasteiger partial charge in [0, 0.05) is 0 Å². The number of nitrogens with one attached hydrogen (secondary N) is 4. The third-order valence-corrected chi connectivity index (χ3v) is 8.75. The van der Waals surface area contributed by atoms with Gasteiger partial charge in [-0.25, -0.2) is 19.6 Å². The van der Waals surface area contributed by atoms with Gasteiger partial charge in [-0.05, 0) is 66.1 Å². The van der Waals surface area contributed by atoms with E-state index in [2.05, 4.69) is 30.6 Å². The molecular formula is C33H26N6O6S2. The number of nitrogens with zero attached hydrogens (tertiary/aromatic N) is 2. The largest absolute Gasteiger partial charge is 0.478 e. The molecule has 0 saturated heterocycles. The highest BCUT2D eigenvalue weighted by Crippen LogP contribution is 2.25. The van der Waals surface area contributed by atoms with Crippen molar-refractivity contribution in [3.8, 4) is 0 Å². The number of thioether (sulfide) groups is 2. The number of hydrogen-bond donors (Lipinski definition) is 6. The highest BCUT2D eigenvalue weighted by Gasteiger charge is 2.17. The summed E-state index contributed by atoms with van der Waals surface area (Å²) in [5.41, 5.74) is 4.52. The lowest BCUT2D eigenvalue weighted by molar-refractivity contribution is -0.114. The number of fused-ring (bicyclic) bond motifs is 2. The number of aromatic amines is 2. The van der Waals surface area contributed by atoms with Crippen molar-refractivity contribution < 1.29 is 29.4 Å². The van der Waals surface area contributed by atoms with Crippen molar-refractivity contribution in [2.45, 2.75) is 16.7 Å². The van der Waals surface area contributed by atoms with Crippen LogP contribution in [0.25, 0.3) is 22.1 Å². The zero-order valence-corrected chi connectivity index (χ0v) is 26.1. The maximum atomic E-state index is 12.7. The molecule has 6 aromatic rings. The first-order valence-electron chi connectivity index (χ1n) is 14.2. The van der Waals surface area contributed by atoms with E-state index in [9.17, 15) is 29.4 Å². The Bertz CT molecular complexity index is 1940. The van der Waals surface area contributed by atoms with Gasteiger partial charge in [-0.2, -0.15) is 0 Å². The fraction of sp³-hybridized carbons (Fsp3) is 0.0909. The number of anilines is 2. The molecule has 0 aliphatic rings.